The molecule has 1 aromatic heterocycles. The molecule has 0 unspecified atom stereocenters. The zero-order valence-corrected chi connectivity index (χ0v) is 12.8. The van der Waals surface area contributed by atoms with Crippen molar-refractivity contribution < 1.29 is 9.53 Å². The topological polar surface area (TPSA) is 29.5 Å². The molecule has 0 aromatic carbocycles. The maximum Gasteiger partial charge on any atom is 0.251 e. The molecule has 0 bridgehead atoms. The van der Waals surface area contributed by atoms with E-state index in [0.29, 0.717) is 12.5 Å². The molecule has 2 heterocycles. The van der Waals surface area contributed by atoms with E-state index in [1.165, 1.54) is 5.56 Å². The quantitative estimate of drug-likeness (QED) is 0.827. The van der Waals surface area contributed by atoms with Crippen LogP contribution in [0, 0.1) is 5.92 Å². The zero-order chi connectivity index (χ0) is 13.8. The van der Waals surface area contributed by atoms with Gasteiger partial charge in [-0.15, -0.1) is 0 Å². The molecule has 2 rings (SSSR count). The fourth-order valence-corrected chi connectivity index (χ4v) is 3.19. The molecule has 0 spiro atoms. The maximum atomic E-state index is 12.5. The molecular weight excluding hydrogens is 258 g/mol. The van der Waals surface area contributed by atoms with Crippen LogP contribution in [0.5, 0.6) is 0 Å². The standard InChI is InChI=1S/C15H23NO2S/c1-11(2)9-18-12(3)15(17)16-7-4-5-14(16)13-6-8-19-10-13/h6,8,10-12,14H,4-5,7,9H2,1-3H3/t12-,14+/m1/s1. The third kappa shape index (κ3) is 3.57. The van der Waals surface area contributed by atoms with Crippen molar-refractivity contribution in [2.24, 2.45) is 5.92 Å². The van der Waals surface area contributed by atoms with Crippen LogP contribution in [0.3, 0.4) is 0 Å². The van der Waals surface area contributed by atoms with Crippen molar-refractivity contribution in [2.45, 2.75) is 45.8 Å². The van der Waals surface area contributed by atoms with Gasteiger partial charge in [0.05, 0.1) is 6.04 Å². The first-order chi connectivity index (χ1) is 9.09. The van der Waals surface area contributed by atoms with Gasteiger partial charge >= 0.3 is 0 Å². The molecule has 0 radical (unpaired) electrons. The molecular formula is C15H23NO2S. The minimum absolute atomic E-state index is 0.134. The van der Waals surface area contributed by atoms with Crippen molar-refractivity contribution >= 4 is 17.2 Å². The molecule has 1 saturated heterocycles. The van der Waals surface area contributed by atoms with Crippen LogP contribution >= 0.6 is 11.3 Å². The molecule has 4 heteroatoms. The molecule has 19 heavy (non-hydrogen) atoms. The van der Waals surface area contributed by atoms with Crippen LogP contribution in [0.15, 0.2) is 16.8 Å². The Morgan fingerprint density at radius 3 is 2.95 bits per heavy atom. The Hall–Kier alpha value is -0.870. The van der Waals surface area contributed by atoms with E-state index in [1.807, 2.05) is 11.8 Å². The van der Waals surface area contributed by atoms with Gasteiger partial charge < -0.3 is 9.64 Å². The number of likely N-dealkylation sites (tertiary alicyclic amines) is 1. The first-order valence-electron chi connectivity index (χ1n) is 7.03. The molecule has 0 aliphatic carbocycles. The van der Waals surface area contributed by atoms with E-state index in [-0.39, 0.29) is 18.1 Å². The lowest BCUT2D eigenvalue weighted by Crippen LogP contribution is -2.39. The Bertz CT molecular complexity index is 402. The molecule has 0 N–H and O–H groups in total. The normalized spacial score (nSPS) is 21.1. The van der Waals surface area contributed by atoms with Crippen LogP contribution in [0.1, 0.15) is 45.2 Å². The Morgan fingerprint density at radius 1 is 1.53 bits per heavy atom. The molecule has 0 saturated carbocycles. The summed E-state index contributed by atoms with van der Waals surface area (Å²) in [7, 11) is 0. The van der Waals surface area contributed by atoms with Crippen LogP contribution in [0.25, 0.3) is 0 Å². The minimum Gasteiger partial charge on any atom is -0.368 e. The van der Waals surface area contributed by atoms with E-state index in [0.717, 1.165) is 19.4 Å². The van der Waals surface area contributed by atoms with E-state index in [9.17, 15) is 4.79 Å². The number of nitrogens with zero attached hydrogens (tertiary/aromatic N) is 1. The summed E-state index contributed by atoms with van der Waals surface area (Å²) < 4.78 is 5.65. The third-order valence-corrected chi connectivity index (χ3v) is 4.19. The van der Waals surface area contributed by atoms with E-state index in [4.69, 9.17) is 4.74 Å². The van der Waals surface area contributed by atoms with Gasteiger partial charge in [0.25, 0.3) is 5.91 Å². The van der Waals surface area contributed by atoms with Crippen LogP contribution in [0.2, 0.25) is 0 Å². The summed E-state index contributed by atoms with van der Waals surface area (Å²) in [5, 5.41) is 4.23. The minimum atomic E-state index is -0.332. The average Bonchev–Trinajstić information content (AvgIpc) is 3.03. The smallest absolute Gasteiger partial charge is 0.251 e. The van der Waals surface area contributed by atoms with Crippen LogP contribution < -0.4 is 0 Å². The van der Waals surface area contributed by atoms with Gasteiger partial charge in [0.2, 0.25) is 0 Å². The van der Waals surface area contributed by atoms with E-state index >= 15 is 0 Å². The molecule has 1 aliphatic heterocycles. The van der Waals surface area contributed by atoms with Gasteiger partial charge in [-0.2, -0.15) is 11.3 Å². The highest BCUT2D eigenvalue weighted by Crippen LogP contribution is 2.33. The molecule has 2 atom stereocenters. The lowest BCUT2D eigenvalue weighted by Gasteiger charge is -2.27. The maximum absolute atomic E-state index is 12.5. The van der Waals surface area contributed by atoms with Crippen molar-refractivity contribution in [3.8, 4) is 0 Å². The number of hydrogen-bond acceptors (Lipinski definition) is 3. The van der Waals surface area contributed by atoms with E-state index in [1.54, 1.807) is 11.3 Å². The van der Waals surface area contributed by atoms with Gasteiger partial charge in [-0.3, -0.25) is 4.79 Å². The number of carbonyl (C=O) groups excluding carboxylic acids is 1. The van der Waals surface area contributed by atoms with Gasteiger partial charge in [-0.05, 0) is 48.1 Å². The second-order valence-electron chi connectivity index (χ2n) is 5.62. The van der Waals surface area contributed by atoms with Crippen LogP contribution in [-0.4, -0.2) is 30.1 Å². The summed E-state index contributed by atoms with van der Waals surface area (Å²) in [4.78, 5) is 14.5. The largest absolute Gasteiger partial charge is 0.368 e. The van der Waals surface area contributed by atoms with E-state index in [2.05, 4.69) is 30.7 Å². The molecule has 106 valence electrons. The Morgan fingerprint density at radius 2 is 2.32 bits per heavy atom. The fourth-order valence-electron chi connectivity index (χ4n) is 2.48. The van der Waals surface area contributed by atoms with Crippen molar-refractivity contribution in [2.75, 3.05) is 13.2 Å². The summed E-state index contributed by atoms with van der Waals surface area (Å²) in [5.41, 5.74) is 1.27. The third-order valence-electron chi connectivity index (χ3n) is 3.49. The summed E-state index contributed by atoms with van der Waals surface area (Å²) in [6.07, 6.45) is 1.82. The summed E-state index contributed by atoms with van der Waals surface area (Å²) in [6.45, 7) is 7.56. The molecule has 1 aliphatic rings. The van der Waals surface area contributed by atoms with Crippen molar-refractivity contribution in [1.29, 1.82) is 0 Å². The number of rotatable bonds is 5. The summed E-state index contributed by atoms with van der Waals surface area (Å²) >= 11 is 1.69. The van der Waals surface area contributed by atoms with E-state index < -0.39 is 0 Å². The first kappa shape index (κ1) is 14.5. The zero-order valence-electron chi connectivity index (χ0n) is 12.0. The molecule has 3 nitrogen and oxygen atoms in total. The van der Waals surface area contributed by atoms with Crippen molar-refractivity contribution in [3.05, 3.63) is 22.4 Å². The predicted octanol–water partition coefficient (Wildman–Crippen LogP) is 3.47. The Kier molecular flexibility index (Phi) is 4.99. The van der Waals surface area contributed by atoms with Gasteiger partial charge in [-0.25, -0.2) is 0 Å². The average molecular weight is 281 g/mol. The number of ether oxygens (including phenoxy) is 1. The van der Waals surface area contributed by atoms with Gasteiger partial charge in [0, 0.05) is 13.2 Å². The predicted molar refractivity (Wildman–Crippen MR) is 78.3 cm³/mol. The fraction of sp³-hybridized carbons (Fsp3) is 0.667. The molecule has 1 fully saturated rings. The van der Waals surface area contributed by atoms with Gasteiger partial charge in [0.1, 0.15) is 6.10 Å². The highest BCUT2D eigenvalue weighted by atomic mass is 32.1. The highest BCUT2D eigenvalue weighted by Gasteiger charge is 2.32. The molecule has 1 amide bonds. The molecule has 1 aromatic rings. The van der Waals surface area contributed by atoms with Crippen LogP contribution in [-0.2, 0) is 9.53 Å². The highest BCUT2D eigenvalue weighted by molar-refractivity contribution is 7.07. The second-order valence-corrected chi connectivity index (χ2v) is 6.40. The monoisotopic (exact) mass is 281 g/mol. The van der Waals surface area contributed by atoms with Gasteiger partial charge in [-0.1, -0.05) is 13.8 Å². The lowest BCUT2D eigenvalue weighted by molar-refractivity contribution is -0.144. The lowest BCUT2D eigenvalue weighted by atomic mass is 10.1. The number of hydrogen-bond donors (Lipinski definition) is 0. The first-order valence-corrected chi connectivity index (χ1v) is 7.98. The summed E-state index contributed by atoms with van der Waals surface area (Å²) in [6, 6.07) is 2.38. The summed E-state index contributed by atoms with van der Waals surface area (Å²) in [5.74, 6) is 0.593. The number of carbonyl (C=O) groups is 1. The van der Waals surface area contributed by atoms with Crippen molar-refractivity contribution in [1.82, 2.24) is 4.90 Å². The van der Waals surface area contributed by atoms with Gasteiger partial charge in [0.15, 0.2) is 0 Å². The van der Waals surface area contributed by atoms with Crippen LogP contribution in [0.4, 0.5) is 0 Å². The SMILES string of the molecule is CC(C)CO[C@H](C)C(=O)N1CCC[C@H]1c1ccsc1. The number of amides is 1. The second kappa shape index (κ2) is 6.53. The Labute approximate surface area is 119 Å². The number of thiophene rings is 1. The Balaban J connectivity index is 1.97. The van der Waals surface area contributed by atoms with Crippen molar-refractivity contribution in [3.63, 3.8) is 0 Å².